The van der Waals surface area contributed by atoms with Gasteiger partial charge in [-0.1, -0.05) is 42.5 Å². The maximum atomic E-state index is 13.0. The fourth-order valence-electron chi connectivity index (χ4n) is 4.14. The van der Waals surface area contributed by atoms with E-state index in [1.165, 1.54) is 0 Å². The van der Waals surface area contributed by atoms with Gasteiger partial charge in [0.25, 0.3) is 5.91 Å². The van der Waals surface area contributed by atoms with Crippen LogP contribution in [0, 0.1) is 0 Å². The van der Waals surface area contributed by atoms with Gasteiger partial charge in [-0.25, -0.2) is 0 Å². The van der Waals surface area contributed by atoms with Crippen LogP contribution in [0.3, 0.4) is 0 Å². The Bertz CT molecular complexity index is 1240. The van der Waals surface area contributed by atoms with Crippen molar-refractivity contribution in [2.24, 2.45) is 0 Å². The topological polar surface area (TPSA) is 58.0 Å². The SMILES string of the molecule is CN1CCN(CCOc2ccccc2NC(=O)c2cc3c(ccc4ccccc43)o2)CC1. The molecule has 6 heteroatoms. The second-order valence-electron chi connectivity index (χ2n) is 8.25. The lowest BCUT2D eigenvalue weighted by molar-refractivity contribution is 0.0998. The van der Waals surface area contributed by atoms with Crippen molar-refractivity contribution in [2.75, 3.05) is 51.7 Å². The average Bonchev–Trinajstić information content (AvgIpc) is 3.27. The number of furan rings is 1. The Kier molecular flexibility index (Phi) is 5.79. The molecule has 5 rings (SSSR count). The molecule has 164 valence electrons. The van der Waals surface area contributed by atoms with E-state index in [2.05, 4.69) is 28.2 Å². The van der Waals surface area contributed by atoms with Gasteiger partial charge >= 0.3 is 0 Å². The number of carbonyl (C=O) groups excluding carboxylic acids is 1. The zero-order chi connectivity index (χ0) is 21.9. The Morgan fingerprint density at radius 2 is 1.75 bits per heavy atom. The van der Waals surface area contributed by atoms with Crippen LogP contribution < -0.4 is 10.1 Å². The molecule has 1 saturated heterocycles. The summed E-state index contributed by atoms with van der Waals surface area (Å²) < 4.78 is 11.9. The second-order valence-corrected chi connectivity index (χ2v) is 8.25. The predicted molar refractivity (Wildman–Crippen MR) is 128 cm³/mol. The number of hydrogen-bond donors (Lipinski definition) is 1. The molecule has 1 amide bonds. The number of nitrogens with zero attached hydrogens (tertiary/aromatic N) is 2. The summed E-state index contributed by atoms with van der Waals surface area (Å²) in [7, 11) is 2.15. The van der Waals surface area contributed by atoms with Gasteiger partial charge in [0.15, 0.2) is 5.76 Å². The van der Waals surface area contributed by atoms with Gasteiger partial charge in [-0.2, -0.15) is 0 Å². The maximum Gasteiger partial charge on any atom is 0.291 e. The number of amides is 1. The molecule has 0 unspecified atom stereocenters. The van der Waals surface area contributed by atoms with Crippen molar-refractivity contribution in [1.82, 2.24) is 9.80 Å². The van der Waals surface area contributed by atoms with E-state index < -0.39 is 0 Å². The van der Waals surface area contributed by atoms with Crippen molar-refractivity contribution in [2.45, 2.75) is 0 Å². The minimum absolute atomic E-state index is 0.281. The fraction of sp³-hybridized carbons (Fsp3) is 0.269. The smallest absolute Gasteiger partial charge is 0.291 e. The number of benzene rings is 3. The number of carbonyl (C=O) groups is 1. The van der Waals surface area contributed by atoms with E-state index in [0.29, 0.717) is 23.6 Å². The maximum absolute atomic E-state index is 13.0. The molecule has 0 radical (unpaired) electrons. The molecule has 0 spiro atoms. The monoisotopic (exact) mass is 429 g/mol. The number of ether oxygens (including phenoxy) is 1. The summed E-state index contributed by atoms with van der Waals surface area (Å²) in [5, 5.41) is 6.07. The minimum Gasteiger partial charge on any atom is -0.490 e. The van der Waals surface area contributed by atoms with Gasteiger partial charge in [0, 0.05) is 38.1 Å². The van der Waals surface area contributed by atoms with Crippen LogP contribution in [0.25, 0.3) is 21.7 Å². The zero-order valence-electron chi connectivity index (χ0n) is 18.2. The Labute approximate surface area is 187 Å². The van der Waals surface area contributed by atoms with Crippen molar-refractivity contribution in [3.8, 4) is 5.75 Å². The van der Waals surface area contributed by atoms with Crippen LogP contribution >= 0.6 is 0 Å². The first-order valence-electron chi connectivity index (χ1n) is 11.0. The molecule has 1 fully saturated rings. The molecule has 0 saturated carbocycles. The zero-order valence-corrected chi connectivity index (χ0v) is 18.2. The van der Waals surface area contributed by atoms with Crippen LogP contribution in [-0.2, 0) is 0 Å². The molecule has 3 aromatic carbocycles. The van der Waals surface area contributed by atoms with E-state index in [4.69, 9.17) is 9.15 Å². The lowest BCUT2D eigenvalue weighted by Gasteiger charge is -2.32. The van der Waals surface area contributed by atoms with Gasteiger partial charge in [-0.05, 0) is 42.1 Å². The number of rotatable bonds is 6. The second kappa shape index (κ2) is 9.02. The highest BCUT2D eigenvalue weighted by Gasteiger charge is 2.17. The quantitative estimate of drug-likeness (QED) is 0.490. The summed E-state index contributed by atoms with van der Waals surface area (Å²) in [6, 6.07) is 21.3. The summed E-state index contributed by atoms with van der Waals surface area (Å²) in [6.45, 7) is 5.72. The molecule has 0 aliphatic carbocycles. The molecule has 1 aliphatic rings. The number of para-hydroxylation sites is 2. The third-order valence-electron chi connectivity index (χ3n) is 6.05. The molecule has 0 atom stereocenters. The van der Waals surface area contributed by atoms with Crippen LogP contribution in [-0.4, -0.2) is 62.1 Å². The summed E-state index contributed by atoms with van der Waals surface area (Å²) in [6.07, 6.45) is 0. The summed E-state index contributed by atoms with van der Waals surface area (Å²) in [5.74, 6) is 0.653. The van der Waals surface area contributed by atoms with Crippen LogP contribution in [0.1, 0.15) is 10.6 Å². The van der Waals surface area contributed by atoms with Gasteiger partial charge in [-0.3, -0.25) is 9.69 Å². The van der Waals surface area contributed by atoms with E-state index in [9.17, 15) is 4.79 Å². The summed E-state index contributed by atoms with van der Waals surface area (Å²) in [4.78, 5) is 17.7. The Morgan fingerprint density at radius 1 is 0.969 bits per heavy atom. The van der Waals surface area contributed by atoms with Gasteiger partial charge < -0.3 is 19.4 Å². The van der Waals surface area contributed by atoms with Crippen molar-refractivity contribution in [3.63, 3.8) is 0 Å². The van der Waals surface area contributed by atoms with Crippen molar-refractivity contribution in [3.05, 3.63) is 72.5 Å². The molecule has 4 aromatic rings. The summed E-state index contributed by atoms with van der Waals surface area (Å²) >= 11 is 0. The highest BCUT2D eigenvalue weighted by Crippen LogP contribution is 2.29. The lowest BCUT2D eigenvalue weighted by Crippen LogP contribution is -2.45. The molecule has 0 bridgehead atoms. The number of anilines is 1. The number of fused-ring (bicyclic) bond motifs is 3. The van der Waals surface area contributed by atoms with Crippen LogP contribution in [0.15, 0.2) is 71.1 Å². The molecule has 6 nitrogen and oxygen atoms in total. The van der Waals surface area contributed by atoms with E-state index in [1.54, 1.807) is 0 Å². The predicted octanol–water partition coefficient (Wildman–Crippen LogP) is 4.46. The van der Waals surface area contributed by atoms with E-state index >= 15 is 0 Å². The molecule has 1 aliphatic heterocycles. The number of nitrogens with one attached hydrogen (secondary N) is 1. The van der Waals surface area contributed by atoms with Crippen molar-refractivity contribution in [1.29, 1.82) is 0 Å². The van der Waals surface area contributed by atoms with Gasteiger partial charge in [-0.15, -0.1) is 0 Å². The molecule has 2 heterocycles. The van der Waals surface area contributed by atoms with Crippen LogP contribution in [0.4, 0.5) is 5.69 Å². The van der Waals surface area contributed by atoms with Gasteiger partial charge in [0.05, 0.1) is 5.69 Å². The first-order chi connectivity index (χ1) is 15.7. The summed E-state index contributed by atoms with van der Waals surface area (Å²) in [5.41, 5.74) is 1.34. The lowest BCUT2D eigenvalue weighted by atomic mass is 10.1. The number of piperazine rings is 1. The van der Waals surface area contributed by atoms with E-state index in [1.807, 2.05) is 60.7 Å². The normalized spacial score (nSPS) is 15.3. The van der Waals surface area contributed by atoms with Crippen LogP contribution in [0.5, 0.6) is 5.75 Å². The molecular weight excluding hydrogens is 402 g/mol. The van der Waals surface area contributed by atoms with Gasteiger partial charge in [0.1, 0.15) is 17.9 Å². The van der Waals surface area contributed by atoms with Crippen molar-refractivity contribution >= 4 is 33.3 Å². The molecule has 32 heavy (non-hydrogen) atoms. The van der Waals surface area contributed by atoms with E-state index in [0.717, 1.165) is 48.9 Å². The highest BCUT2D eigenvalue weighted by molar-refractivity contribution is 6.11. The number of hydrogen-bond acceptors (Lipinski definition) is 5. The van der Waals surface area contributed by atoms with Gasteiger partial charge in [0.2, 0.25) is 0 Å². The van der Waals surface area contributed by atoms with Crippen molar-refractivity contribution < 1.29 is 13.9 Å². The number of likely N-dealkylation sites (N-methyl/N-ethyl adjacent to an activating group) is 1. The highest BCUT2D eigenvalue weighted by atomic mass is 16.5. The Morgan fingerprint density at radius 3 is 2.62 bits per heavy atom. The first-order valence-corrected chi connectivity index (χ1v) is 11.0. The van der Waals surface area contributed by atoms with E-state index in [-0.39, 0.29) is 11.7 Å². The third-order valence-corrected chi connectivity index (χ3v) is 6.05. The molecule has 1 N–H and O–H groups in total. The first kappa shape index (κ1) is 20.5. The third kappa shape index (κ3) is 4.33. The Balaban J connectivity index is 1.28. The fourth-order valence-corrected chi connectivity index (χ4v) is 4.14. The average molecular weight is 430 g/mol. The minimum atomic E-state index is -0.291. The molecular formula is C26H27N3O3. The van der Waals surface area contributed by atoms with Crippen LogP contribution in [0.2, 0.25) is 0 Å². The Hall–Kier alpha value is -3.35. The molecule has 1 aromatic heterocycles. The largest absolute Gasteiger partial charge is 0.490 e. The standard InChI is InChI=1S/C26H27N3O3/c1-28-12-14-29(15-13-28)16-17-31-24-9-5-4-8-22(24)27-26(30)25-18-21-20-7-3-2-6-19(20)10-11-23(21)32-25/h2-11,18H,12-17H2,1H3,(H,27,30).